The second-order valence-corrected chi connectivity index (χ2v) is 2.95. The van der Waals surface area contributed by atoms with Gasteiger partial charge in [-0.15, -0.1) is 0 Å². The minimum absolute atomic E-state index is 0.441. The van der Waals surface area contributed by atoms with Crippen molar-refractivity contribution in [3.05, 3.63) is 11.1 Å². The van der Waals surface area contributed by atoms with Gasteiger partial charge in [-0.2, -0.15) is 5.10 Å². The Balaban J connectivity index is 2.94. The first kappa shape index (κ1) is 9.18. The lowest BCUT2D eigenvalue weighted by Gasteiger charge is -2.09. The maximum Gasteiger partial charge on any atom is 0.328 e. The zero-order valence-electron chi connectivity index (χ0n) is 6.44. The van der Waals surface area contributed by atoms with E-state index >= 15 is 0 Å². The zero-order valence-corrected chi connectivity index (χ0v) is 8.02. The van der Waals surface area contributed by atoms with E-state index in [2.05, 4.69) is 26.0 Å². The predicted octanol–water partition coefficient (Wildman–Crippen LogP) is 1.08. The van der Waals surface area contributed by atoms with E-state index in [0.717, 1.165) is 0 Å². The summed E-state index contributed by atoms with van der Waals surface area (Å²) >= 11 is 3.10. The van der Waals surface area contributed by atoms with Crippen LogP contribution in [0.4, 0.5) is 0 Å². The highest BCUT2D eigenvalue weighted by Gasteiger charge is 2.19. The smallest absolute Gasteiger partial charge is 0.328 e. The third kappa shape index (κ3) is 1.63. The summed E-state index contributed by atoms with van der Waals surface area (Å²) in [4.78, 5) is 14.4. The molecule has 1 N–H and O–H groups in total. The molecule has 0 spiro atoms. The van der Waals surface area contributed by atoms with Gasteiger partial charge in [0.2, 0.25) is 0 Å². The molecule has 12 heavy (non-hydrogen) atoms. The van der Waals surface area contributed by atoms with E-state index in [4.69, 9.17) is 5.11 Å². The summed E-state index contributed by atoms with van der Waals surface area (Å²) in [5.41, 5.74) is 0. The summed E-state index contributed by atoms with van der Waals surface area (Å²) in [6.07, 6.45) is 1.80. The molecular weight excluding hydrogens is 226 g/mol. The molecule has 1 unspecified atom stereocenters. The van der Waals surface area contributed by atoms with Gasteiger partial charge in [0.25, 0.3) is 0 Å². The Morgan fingerprint density at radius 1 is 1.92 bits per heavy atom. The summed E-state index contributed by atoms with van der Waals surface area (Å²) in [5, 5.41) is 12.5. The third-order valence-electron chi connectivity index (χ3n) is 1.50. The molecule has 0 aliphatic heterocycles. The molecule has 0 aliphatic rings. The van der Waals surface area contributed by atoms with Crippen LogP contribution in [0.15, 0.2) is 11.1 Å². The molecule has 0 aliphatic carbocycles. The number of hydrogen-bond donors (Lipinski definition) is 1. The molecule has 6 heteroatoms. The minimum atomic E-state index is -0.899. The van der Waals surface area contributed by atoms with Crippen molar-refractivity contribution in [3.63, 3.8) is 0 Å². The van der Waals surface area contributed by atoms with Crippen molar-refractivity contribution >= 4 is 21.9 Å². The van der Waals surface area contributed by atoms with Crippen LogP contribution in [-0.4, -0.2) is 25.8 Å². The van der Waals surface area contributed by atoms with Gasteiger partial charge >= 0.3 is 5.97 Å². The maximum absolute atomic E-state index is 10.7. The summed E-state index contributed by atoms with van der Waals surface area (Å²) < 4.78 is 1.78. The Hall–Kier alpha value is -0.910. The van der Waals surface area contributed by atoms with Gasteiger partial charge in [0, 0.05) is 0 Å². The Bertz CT molecular complexity index is 286. The zero-order chi connectivity index (χ0) is 9.14. The standard InChI is InChI=1S/C6H8BrN3O2/c1-2-4(5(11)12)10-6(7)8-3-9-10/h3-4H,2H2,1H3,(H,11,12). The Morgan fingerprint density at radius 2 is 2.58 bits per heavy atom. The van der Waals surface area contributed by atoms with E-state index in [1.54, 1.807) is 6.92 Å². The van der Waals surface area contributed by atoms with Gasteiger partial charge in [-0.1, -0.05) is 6.92 Å². The van der Waals surface area contributed by atoms with Gasteiger partial charge in [0.05, 0.1) is 0 Å². The molecule has 0 amide bonds. The normalized spacial score (nSPS) is 12.8. The average molecular weight is 234 g/mol. The van der Waals surface area contributed by atoms with Crippen LogP contribution >= 0.6 is 15.9 Å². The highest BCUT2D eigenvalue weighted by molar-refractivity contribution is 9.10. The molecule has 1 aromatic heterocycles. The monoisotopic (exact) mass is 233 g/mol. The van der Waals surface area contributed by atoms with Crippen LogP contribution in [-0.2, 0) is 4.79 Å². The van der Waals surface area contributed by atoms with Gasteiger partial charge < -0.3 is 5.11 Å². The van der Waals surface area contributed by atoms with Gasteiger partial charge in [0.15, 0.2) is 10.8 Å². The molecule has 66 valence electrons. The first-order valence-electron chi connectivity index (χ1n) is 3.44. The number of carboxylic acid groups (broad SMARTS) is 1. The van der Waals surface area contributed by atoms with Crippen molar-refractivity contribution < 1.29 is 9.90 Å². The van der Waals surface area contributed by atoms with E-state index < -0.39 is 12.0 Å². The number of aliphatic carboxylic acids is 1. The van der Waals surface area contributed by atoms with Crippen LogP contribution in [0.2, 0.25) is 0 Å². The number of carbonyl (C=O) groups is 1. The number of nitrogens with zero attached hydrogens (tertiary/aromatic N) is 3. The summed E-state index contributed by atoms with van der Waals surface area (Å²) in [5.74, 6) is -0.899. The topological polar surface area (TPSA) is 68.0 Å². The molecule has 0 fully saturated rings. The van der Waals surface area contributed by atoms with Gasteiger partial charge in [0.1, 0.15) is 6.33 Å². The van der Waals surface area contributed by atoms with Crippen LogP contribution in [0.1, 0.15) is 19.4 Å². The van der Waals surface area contributed by atoms with Crippen molar-refractivity contribution in [3.8, 4) is 0 Å². The van der Waals surface area contributed by atoms with Gasteiger partial charge in [-0.3, -0.25) is 0 Å². The SMILES string of the molecule is CCC(C(=O)O)n1ncnc1Br. The molecule has 0 saturated heterocycles. The van der Waals surface area contributed by atoms with E-state index in [0.29, 0.717) is 11.2 Å². The van der Waals surface area contributed by atoms with Gasteiger partial charge in [-0.25, -0.2) is 14.5 Å². The fourth-order valence-electron chi connectivity index (χ4n) is 0.897. The second-order valence-electron chi connectivity index (χ2n) is 2.24. The fraction of sp³-hybridized carbons (Fsp3) is 0.500. The van der Waals surface area contributed by atoms with Crippen LogP contribution in [0.25, 0.3) is 0 Å². The molecule has 0 radical (unpaired) electrons. The molecular formula is C6H8BrN3O2. The molecule has 1 aromatic rings. The van der Waals surface area contributed by atoms with Crippen molar-refractivity contribution in [1.82, 2.24) is 14.8 Å². The molecule has 1 rings (SSSR count). The highest BCUT2D eigenvalue weighted by Crippen LogP contribution is 2.15. The Morgan fingerprint density at radius 3 is 2.92 bits per heavy atom. The largest absolute Gasteiger partial charge is 0.480 e. The molecule has 1 atom stereocenters. The average Bonchev–Trinajstić information content (AvgIpc) is 2.38. The fourth-order valence-corrected chi connectivity index (χ4v) is 1.33. The number of aromatic nitrogens is 3. The number of carboxylic acids is 1. The number of halogens is 1. The van der Waals surface area contributed by atoms with E-state index in [1.807, 2.05) is 0 Å². The molecule has 0 bridgehead atoms. The minimum Gasteiger partial charge on any atom is -0.480 e. The second kappa shape index (κ2) is 3.66. The Labute approximate surface area is 77.5 Å². The van der Waals surface area contributed by atoms with Crippen LogP contribution in [0.5, 0.6) is 0 Å². The maximum atomic E-state index is 10.7. The molecule has 0 aromatic carbocycles. The van der Waals surface area contributed by atoms with Gasteiger partial charge in [-0.05, 0) is 22.4 Å². The first-order chi connectivity index (χ1) is 5.66. The highest BCUT2D eigenvalue weighted by atomic mass is 79.9. The Kier molecular flexibility index (Phi) is 2.80. The van der Waals surface area contributed by atoms with Crippen LogP contribution in [0, 0.1) is 0 Å². The predicted molar refractivity (Wildman–Crippen MR) is 44.7 cm³/mol. The van der Waals surface area contributed by atoms with Crippen molar-refractivity contribution in [1.29, 1.82) is 0 Å². The lowest BCUT2D eigenvalue weighted by atomic mass is 10.2. The van der Waals surface area contributed by atoms with E-state index in [1.165, 1.54) is 11.0 Å². The molecule has 1 heterocycles. The third-order valence-corrected chi connectivity index (χ3v) is 2.06. The van der Waals surface area contributed by atoms with Crippen molar-refractivity contribution in [2.24, 2.45) is 0 Å². The summed E-state index contributed by atoms with van der Waals surface area (Å²) in [6.45, 7) is 1.78. The van der Waals surface area contributed by atoms with E-state index in [-0.39, 0.29) is 0 Å². The van der Waals surface area contributed by atoms with Crippen molar-refractivity contribution in [2.45, 2.75) is 19.4 Å². The van der Waals surface area contributed by atoms with E-state index in [9.17, 15) is 4.79 Å². The molecule has 5 nitrogen and oxygen atoms in total. The quantitative estimate of drug-likeness (QED) is 0.849. The van der Waals surface area contributed by atoms with Crippen LogP contribution in [0.3, 0.4) is 0 Å². The lowest BCUT2D eigenvalue weighted by Crippen LogP contribution is -2.19. The lowest BCUT2D eigenvalue weighted by molar-refractivity contribution is -0.141. The van der Waals surface area contributed by atoms with Crippen molar-refractivity contribution in [2.75, 3.05) is 0 Å². The molecule has 0 saturated carbocycles. The first-order valence-corrected chi connectivity index (χ1v) is 4.24. The number of rotatable bonds is 3. The van der Waals surface area contributed by atoms with Crippen LogP contribution < -0.4 is 0 Å². The summed E-state index contributed by atoms with van der Waals surface area (Å²) in [7, 11) is 0. The number of hydrogen-bond acceptors (Lipinski definition) is 3. The summed E-state index contributed by atoms with van der Waals surface area (Å²) in [6, 6.07) is -0.637.